The highest BCUT2D eigenvalue weighted by molar-refractivity contribution is 7.80. The van der Waals surface area contributed by atoms with Gasteiger partial charge in [0, 0.05) is 42.4 Å². The van der Waals surface area contributed by atoms with Crippen molar-refractivity contribution in [2.24, 2.45) is 0 Å². The molecule has 3 N–H and O–H groups in total. The van der Waals surface area contributed by atoms with Crippen molar-refractivity contribution in [2.75, 3.05) is 11.9 Å². The lowest BCUT2D eigenvalue weighted by atomic mass is 10.0. The number of aromatic carboxylic acids is 1. The molecule has 0 bridgehead atoms. The van der Waals surface area contributed by atoms with Gasteiger partial charge in [-0.2, -0.15) is 0 Å². The number of carboxylic acid groups (broad SMARTS) is 1. The summed E-state index contributed by atoms with van der Waals surface area (Å²) in [6, 6.07) is 25.2. The summed E-state index contributed by atoms with van der Waals surface area (Å²) >= 11 is 5.73. The molecule has 8 nitrogen and oxygen atoms in total. The molecule has 0 radical (unpaired) electrons. The Bertz CT molecular complexity index is 1420. The third-order valence-corrected chi connectivity index (χ3v) is 6.64. The number of amides is 1. The Kier molecular flexibility index (Phi) is 6.96. The van der Waals surface area contributed by atoms with Crippen molar-refractivity contribution in [3.05, 3.63) is 114 Å². The number of hydrogen-bond donors (Lipinski definition) is 3. The van der Waals surface area contributed by atoms with Gasteiger partial charge >= 0.3 is 5.97 Å². The van der Waals surface area contributed by atoms with Crippen LogP contribution in [0.4, 0.5) is 5.69 Å². The van der Waals surface area contributed by atoms with Gasteiger partial charge in [0.05, 0.1) is 23.3 Å². The first-order valence-corrected chi connectivity index (χ1v) is 12.3. The average Bonchev–Trinajstić information content (AvgIpc) is 3.53. The van der Waals surface area contributed by atoms with Crippen molar-refractivity contribution in [1.82, 2.24) is 19.8 Å². The molecule has 1 amide bonds. The van der Waals surface area contributed by atoms with E-state index < -0.39 is 5.97 Å². The first-order valence-electron chi connectivity index (χ1n) is 11.9. The lowest BCUT2D eigenvalue weighted by Gasteiger charge is -2.29. The number of thiocarbonyl (C=S) groups is 1. The molecule has 5 rings (SSSR count). The second-order valence-corrected chi connectivity index (χ2v) is 9.03. The van der Waals surface area contributed by atoms with Crippen molar-refractivity contribution in [3.63, 3.8) is 0 Å². The lowest BCUT2D eigenvalue weighted by molar-refractivity contribution is -0.116. The number of benzene rings is 2. The number of carboxylic acids is 1. The topological polar surface area (TPSA) is 99.5 Å². The molecule has 186 valence electrons. The van der Waals surface area contributed by atoms with Crippen LogP contribution < -0.4 is 10.6 Å². The monoisotopic (exact) mass is 511 g/mol. The molecule has 9 heteroatoms. The lowest BCUT2D eigenvalue weighted by Crippen LogP contribution is -2.33. The van der Waals surface area contributed by atoms with Crippen molar-refractivity contribution in [2.45, 2.75) is 18.5 Å². The summed E-state index contributed by atoms with van der Waals surface area (Å²) in [5.41, 5.74) is 3.38. The Hall–Kier alpha value is -4.50. The van der Waals surface area contributed by atoms with E-state index in [4.69, 9.17) is 12.2 Å². The number of hydrogen-bond acceptors (Lipinski definition) is 4. The maximum Gasteiger partial charge on any atom is 0.335 e. The standard InChI is InChI=1S/C28H25N5O3S/c34-24(30-20-9-2-1-3-10-20)14-17-33-26(25(31-28(33)37)22-12-4-5-15-29-22)23-13-7-16-32(23)21-11-6-8-19(18-21)27(35)36/h1-13,15-16,18,25-26H,14,17H2,(H,30,34)(H,31,37)(H,35,36)/t25-,26+/m1/s1. The number of nitrogens with zero attached hydrogens (tertiary/aromatic N) is 3. The van der Waals surface area contributed by atoms with E-state index in [-0.39, 0.29) is 30.0 Å². The van der Waals surface area contributed by atoms with Gasteiger partial charge in [-0.05, 0) is 66.8 Å². The fourth-order valence-corrected chi connectivity index (χ4v) is 4.93. The number of anilines is 1. The van der Waals surface area contributed by atoms with E-state index in [9.17, 15) is 14.7 Å². The van der Waals surface area contributed by atoms with Crippen LogP contribution in [0.2, 0.25) is 0 Å². The Morgan fingerprint density at radius 2 is 1.81 bits per heavy atom. The fraction of sp³-hybridized carbons (Fsp3) is 0.143. The van der Waals surface area contributed by atoms with E-state index in [1.807, 2.05) is 82.4 Å². The van der Waals surface area contributed by atoms with Gasteiger partial charge in [-0.15, -0.1) is 0 Å². The molecule has 2 aromatic heterocycles. The van der Waals surface area contributed by atoms with Crippen LogP contribution in [-0.4, -0.2) is 43.1 Å². The highest BCUT2D eigenvalue weighted by Crippen LogP contribution is 2.39. The zero-order chi connectivity index (χ0) is 25.8. The molecular formula is C28H25N5O3S. The predicted octanol–water partition coefficient (Wildman–Crippen LogP) is 4.57. The highest BCUT2D eigenvalue weighted by atomic mass is 32.1. The summed E-state index contributed by atoms with van der Waals surface area (Å²) in [6.45, 7) is 0.388. The van der Waals surface area contributed by atoms with Gasteiger partial charge in [-0.3, -0.25) is 9.78 Å². The fourth-order valence-electron chi connectivity index (χ4n) is 4.59. The minimum atomic E-state index is -0.989. The van der Waals surface area contributed by atoms with Crippen LogP contribution in [-0.2, 0) is 4.79 Å². The Balaban J connectivity index is 1.47. The van der Waals surface area contributed by atoms with Crippen LogP contribution >= 0.6 is 12.2 Å². The van der Waals surface area contributed by atoms with Gasteiger partial charge < -0.3 is 25.2 Å². The minimum Gasteiger partial charge on any atom is -0.478 e. The molecule has 37 heavy (non-hydrogen) atoms. The van der Waals surface area contributed by atoms with E-state index in [0.717, 1.165) is 22.8 Å². The van der Waals surface area contributed by atoms with Crippen molar-refractivity contribution in [3.8, 4) is 5.69 Å². The number of pyridine rings is 1. The van der Waals surface area contributed by atoms with Crippen LogP contribution in [0.1, 0.15) is 40.3 Å². The number of aromatic nitrogens is 2. The van der Waals surface area contributed by atoms with Crippen LogP contribution in [0.5, 0.6) is 0 Å². The summed E-state index contributed by atoms with van der Waals surface area (Å²) < 4.78 is 1.96. The molecule has 0 aliphatic carbocycles. The zero-order valence-electron chi connectivity index (χ0n) is 19.8. The first kappa shape index (κ1) is 24.2. The predicted molar refractivity (Wildman–Crippen MR) is 145 cm³/mol. The molecule has 1 aliphatic heterocycles. The zero-order valence-corrected chi connectivity index (χ0v) is 20.6. The third-order valence-electron chi connectivity index (χ3n) is 6.29. The van der Waals surface area contributed by atoms with Crippen molar-refractivity contribution < 1.29 is 14.7 Å². The molecule has 0 unspecified atom stereocenters. The maximum absolute atomic E-state index is 12.7. The summed E-state index contributed by atoms with van der Waals surface area (Å²) in [5, 5.41) is 16.3. The molecule has 2 atom stereocenters. The van der Waals surface area contributed by atoms with Crippen molar-refractivity contribution in [1.29, 1.82) is 0 Å². The van der Waals surface area contributed by atoms with E-state index in [1.54, 1.807) is 24.4 Å². The van der Waals surface area contributed by atoms with Crippen LogP contribution in [0, 0.1) is 0 Å². The highest BCUT2D eigenvalue weighted by Gasteiger charge is 2.41. The van der Waals surface area contributed by atoms with E-state index in [2.05, 4.69) is 15.6 Å². The quantitative estimate of drug-likeness (QED) is 0.298. The Labute approximate surface area is 219 Å². The number of carbonyl (C=O) groups is 2. The van der Waals surface area contributed by atoms with Crippen LogP contribution in [0.15, 0.2) is 97.3 Å². The number of para-hydroxylation sites is 1. The van der Waals surface area contributed by atoms with Crippen LogP contribution in [0.25, 0.3) is 5.69 Å². The number of carbonyl (C=O) groups excluding carboxylic acids is 1. The van der Waals surface area contributed by atoms with Gasteiger partial charge in [-0.1, -0.05) is 30.3 Å². The number of nitrogens with one attached hydrogen (secondary N) is 2. The van der Waals surface area contributed by atoms with Crippen molar-refractivity contribution >= 4 is 34.9 Å². The third kappa shape index (κ3) is 5.22. The molecule has 2 aromatic carbocycles. The smallest absolute Gasteiger partial charge is 0.335 e. The molecular weight excluding hydrogens is 486 g/mol. The SMILES string of the molecule is O=C(CCN1C(=S)N[C@H](c2ccccn2)[C@@H]1c1cccn1-c1cccc(C(=O)O)c1)Nc1ccccc1. The van der Waals surface area contributed by atoms with Gasteiger partial charge in [-0.25, -0.2) is 4.79 Å². The molecule has 0 spiro atoms. The molecule has 1 saturated heterocycles. The van der Waals surface area contributed by atoms with Crippen LogP contribution in [0.3, 0.4) is 0 Å². The second-order valence-electron chi connectivity index (χ2n) is 8.64. The number of rotatable bonds is 8. The van der Waals surface area contributed by atoms with Gasteiger partial charge in [0.15, 0.2) is 5.11 Å². The van der Waals surface area contributed by atoms with Gasteiger partial charge in [0.2, 0.25) is 5.91 Å². The second kappa shape index (κ2) is 10.6. The molecule has 4 aromatic rings. The Morgan fingerprint density at radius 3 is 2.57 bits per heavy atom. The van der Waals surface area contributed by atoms with Gasteiger partial charge in [0.25, 0.3) is 0 Å². The Morgan fingerprint density at radius 1 is 1.00 bits per heavy atom. The minimum absolute atomic E-state index is 0.112. The average molecular weight is 512 g/mol. The molecule has 3 heterocycles. The normalized spacial score (nSPS) is 16.9. The first-order chi connectivity index (χ1) is 18.0. The largest absolute Gasteiger partial charge is 0.478 e. The summed E-state index contributed by atoms with van der Waals surface area (Å²) in [7, 11) is 0. The van der Waals surface area contributed by atoms with E-state index >= 15 is 0 Å². The molecule has 1 fully saturated rings. The summed E-state index contributed by atoms with van der Waals surface area (Å²) in [5.74, 6) is -1.10. The van der Waals surface area contributed by atoms with E-state index in [0.29, 0.717) is 11.7 Å². The maximum atomic E-state index is 12.7. The van der Waals surface area contributed by atoms with Gasteiger partial charge in [0.1, 0.15) is 0 Å². The molecule has 0 saturated carbocycles. The summed E-state index contributed by atoms with van der Waals surface area (Å²) in [6.07, 6.45) is 3.87. The van der Waals surface area contributed by atoms with E-state index in [1.165, 1.54) is 0 Å². The summed E-state index contributed by atoms with van der Waals surface area (Å²) in [4.78, 5) is 30.9. The molecule has 1 aliphatic rings.